The molecule has 0 aliphatic rings. The fourth-order valence-corrected chi connectivity index (χ4v) is 3.65. The van der Waals surface area contributed by atoms with E-state index < -0.39 is 0 Å². The summed E-state index contributed by atoms with van der Waals surface area (Å²) in [5, 5.41) is 3.22. The summed E-state index contributed by atoms with van der Waals surface area (Å²) in [6.45, 7) is 17.3. The Kier molecular flexibility index (Phi) is 11.6. The Morgan fingerprint density at radius 1 is 1.07 bits per heavy atom. The second-order valence-corrected chi connectivity index (χ2v) is 8.96. The summed E-state index contributed by atoms with van der Waals surface area (Å²) < 4.78 is 0. The quantitative estimate of drug-likeness (QED) is 0.334. The minimum absolute atomic E-state index is 0.398. The number of hydrogen-bond acceptors (Lipinski definition) is 6. The summed E-state index contributed by atoms with van der Waals surface area (Å²) in [5.74, 6) is 8.85. The van der Waals surface area contributed by atoms with Gasteiger partial charge in [-0.05, 0) is 55.5 Å². The Hall–Kier alpha value is -1.21. The zero-order valence-electron chi connectivity index (χ0n) is 19.2. The Labute approximate surface area is 173 Å². The summed E-state index contributed by atoms with van der Waals surface area (Å²) in [7, 11) is 4.17. The third-order valence-electron chi connectivity index (χ3n) is 5.17. The maximum absolute atomic E-state index is 5.71. The van der Waals surface area contributed by atoms with Crippen LogP contribution in [0.4, 0.5) is 5.82 Å². The molecule has 1 aromatic rings. The van der Waals surface area contributed by atoms with Gasteiger partial charge in [-0.25, -0.2) is 4.98 Å². The number of nitrogens with zero attached hydrogens (tertiary/aromatic N) is 3. The molecule has 4 N–H and O–H groups in total. The lowest BCUT2D eigenvalue weighted by Gasteiger charge is -2.31. The maximum Gasteiger partial charge on any atom is 0.128 e. The van der Waals surface area contributed by atoms with E-state index in [2.05, 4.69) is 74.3 Å². The predicted octanol–water partition coefficient (Wildman–Crippen LogP) is 2.53. The molecule has 0 saturated heterocycles. The standard InChI is InChI=1S/C22H44N6/c1-17(2)14-28(15-18(3)4)22-12-20(8-9-25-22)19(5)21(13-26-23)16-27(7)11-10-24-6/h8-9,12,17-19,21,24,26H,10-11,13-16,23H2,1-7H3. The Morgan fingerprint density at radius 3 is 2.25 bits per heavy atom. The molecule has 1 heterocycles. The third kappa shape index (κ3) is 8.86. The van der Waals surface area contributed by atoms with E-state index in [0.717, 1.165) is 45.1 Å². The summed E-state index contributed by atoms with van der Waals surface area (Å²) in [5.41, 5.74) is 4.24. The lowest BCUT2D eigenvalue weighted by Crippen LogP contribution is -2.39. The van der Waals surface area contributed by atoms with Gasteiger partial charge >= 0.3 is 0 Å². The van der Waals surface area contributed by atoms with Gasteiger partial charge in [-0.1, -0.05) is 34.6 Å². The van der Waals surface area contributed by atoms with Gasteiger partial charge in [-0.3, -0.25) is 11.3 Å². The SMILES string of the molecule is CNCCN(C)CC(CNN)C(C)c1ccnc(N(CC(C)C)CC(C)C)c1. The lowest BCUT2D eigenvalue weighted by atomic mass is 9.87. The van der Waals surface area contributed by atoms with Crippen molar-refractivity contribution in [3.05, 3.63) is 23.9 Å². The van der Waals surface area contributed by atoms with Gasteiger partial charge in [0.25, 0.3) is 0 Å². The molecule has 2 atom stereocenters. The van der Waals surface area contributed by atoms with Crippen molar-refractivity contribution in [2.75, 3.05) is 58.3 Å². The number of nitrogens with two attached hydrogens (primary N) is 1. The van der Waals surface area contributed by atoms with Crippen LogP contribution < -0.4 is 21.5 Å². The molecule has 0 aromatic carbocycles. The second kappa shape index (κ2) is 13.1. The first-order chi connectivity index (χ1) is 13.3. The normalized spacial score (nSPS) is 14.1. The minimum atomic E-state index is 0.398. The van der Waals surface area contributed by atoms with E-state index in [4.69, 9.17) is 10.8 Å². The fourth-order valence-electron chi connectivity index (χ4n) is 3.65. The molecule has 0 amide bonds. The van der Waals surface area contributed by atoms with Crippen LogP contribution in [-0.4, -0.2) is 63.2 Å². The average molecular weight is 393 g/mol. The molecular formula is C22H44N6. The van der Waals surface area contributed by atoms with E-state index in [9.17, 15) is 0 Å². The summed E-state index contributed by atoms with van der Waals surface area (Å²) in [6.07, 6.45) is 1.96. The van der Waals surface area contributed by atoms with Crippen LogP contribution in [0, 0.1) is 17.8 Å². The van der Waals surface area contributed by atoms with E-state index in [0.29, 0.717) is 23.7 Å². The van der Waals surface area contributed by atoms with E-state index in [1.807, 2.05) is 13.2 Å². The van der Waals surface area contributed by atoms with Crippen LogP contribution in [0.5, 0.6) is 0 Å². The Balaban J connectivity index is 2.97. The topological polar surface area (TPSA) is 69.4 Å². The number of pyridine rings is 1. The number of likely N-dealkylation sites (N-methyl/N-ethyl adjacent to an activating group) is 2. The first-order valence-electron chi connectivity index (χ1n) is 10.8. The first-order valence-corrected chi connectivity index (χ1v) is 10.8. The van der Waals surface area contributed by atoms with Crippen LogP contribution >= 0.6 is 0 Å². The van der Waals surface area contributed by atoms with Crippen LogP contribution in [0.3, 0.4) is 0 Å². The smallest absolute Gasteiger partial charge is 0.128 e. The van der Waals surface area contributed by atoms with Crippen LogP contribution in [0.2, 0.25) is 0 Å². The van der Waals surface area contributed by atoms with Crippen molar-refractivity contribution in [1.29, 1.82) is 0 Å². The van der Waals surface area contributed by atoms with Gasteiger partial charge in [0.1, 0.15) is 5.82 Å². The van der Waals surface area contributed by atoms with Crippen LogP contribution in [-0.2, 0) is 0 Å². The molecule has 6 heteroatoms. The van der Waals surface area contributed by atoms with Gasteiger partial charge in [-0.2, -0.15) is 0 Å². The van der Waals surface area contributed by atoms with Gasteiger partial charge in [0.05, 0.1) is 0 Å². The molecular weight excluding hydrogens is 348 g/mol. The maximum atomic E-state index is 5.71. The van der Waals surface area contributed by atoms with Gasteiger partial charge in [-0.15, -0.1) is 0 Å². The summed E-state index contributed by atoms with van der Waals surface area (Å²) in [4.78, 5) is 9.51. The molecule has 0 bridgehead atoms. The van der Waals surface area contributed by atoms with Crippen LogP contribution in [0.15, 0.2) is 18.3 Å². The van der Waals surface area contributed by atoms with Crippen LogP contribution in [0.25, 0.3) is 0 Å². The van der Waals surface area contributed by atoms with Crippen molar-refractivity contribution >= 4 is 5.82 Å². The summed E-state index contributed by atoms with van der Waals surface area (Å²) >= 11 is 0. The van der Waals surface area contributed by atoms with E-state index >= 15 is 0 Å². The summed E-state index contributed by atoms with van der Waals surface area (Å²) in [6, 6.07) is 4.45. The number of hydrazine groups is 1. The van der Waals surface area contributed by atoms with Crippen molar-refractivity contribution in [3.8, 4) is 0 Å². The highest BCUT2D eigenvalue weighted by Crippen LogP contribution is 2.27. The largest absolute Gasteiger partial charge is 0.356 e. The lowest BCUT2D eigenvalue weighted by molar-refractivity contribution is 0.252. The zero-order valence-corrected chi connectivity index (χ0v) is 19.2. The van der Waals surface area contributed by atoms with Crippen molar-refractivity contribution in [1.82, 2.24) is 20.6 Å². The molecule has 1 aromatic heterocycles. The highest BCUT2D eigenvalue weighted by Gasteiger charge is 2.22. The van der Waals surface area contributed by atoms with Crippen molar-refractivity contribution < 1.29 is 0 Å². The van der Waals surface area contributed by atoms with E-state index in [-0.39, 0.29) is 0 Å². The van der Waals surface area contributed by atoms with Gasteiger partial charge < -0.3 is 15.1 Å². The molecule has 0 aliphatic carbocycles. The average Bonchev–Trinajstić information content (AvgIpc) is 2.64. The molecule has 0 saturated carbocycles. The Morgan fingerprint density at radius 2 is 1.71 bits per heavy atom. The first kappa shape index (κ1) is 24.8. The molecule has 6 nitrogen and oxygen atoms in total. The molecule has 0 aliphatic heterocycles. The number of hydrogen-bond donors (Lipinski definition) is 3. The molecule has 1 rings (SSSR count). The number of anilines is 1. The van der Waals surface area contributed by atoms with E-state index in [1.54, 1.807) is 0 Å². The highest BCUT2D eigenvalue weighted by molar-refractivity contribution is 5.42. The number of aromatic nitrogens is 1. The number of rotatable bonds is 14. The molecule has 28 heavy (non-hydrogen) atoms. The van der Waals surface area contributed by atoms with Crippen molar-refractivity contribution in [2.24, 2.45) is 23.6 Å². The predicted molar refractivity (Wildman–Crippen MR) is 122 cm³/mol. The van der Waals surface area contributed by atoms with Gasteiger partial charge in [0.15, 0.2) is 0 Å². The fraction of sp³-hybridized carbons (Fsp3) is 0.773. The van der Waals surface area contributed by atoms with Gasteiger partial charge in [0.2, 0.25) is 0 Å². The second-order valence-electron chi connectivity index (χ2n) is 8.96. The highest BCUT2D eigenvalue weighted by atomic mass is 15.2. The van der Waals surface area contributed by atoms with Gasteiger partial charge in [0, 0.05) is 45.5 Å². The molecule has 0 radical (unpaired) electrons. The molecule has 162 valence electrons. The Bertz CT molecular complexity index is 524. The molecule has 2 unspecified atom stereocenters. The van der Waals surface area contributed by atoms with E-state index in [1.165, 1.54) is 5.56 Å². The third-order valence-corrected chi connectivity index (χ3v) is 5.17. The van der Waals surface area contributed by atoms with Crippen LogP contribution in [0.1, 0.15) is 46.1 Å². The van der Waals surface area contributed by atoms with Crippen molar-refractivity contribution in [2.45, 2.75) is 40.5 Å². The minimum Gasteiger partial charge on any atom is -0.356 e. The zero-order chi connectivity index (χ0) is 21.1. The number of nitrogens with one attached hydrogen (secondary N) is 2. The monoisotopic (exact) mass is 392 g/mol. The molecule has 0 spiro atoms. The van der Waals surface area contributed by atoms with Crippen molar-refractivity contribution in [3.63, 3.8) is 0 Å². The molecule has 0 fully saturated rings.